The van der Waals surface area contributed by atoms with Gasteiger partial charge in [0.1, 0.15) is 0 Å². The van der Waals surface area contributed by atoms with Crippen molar-refractivity contribution in [2.45, 2.75) is 0 Å². The van der Waals surface area contributed by atoms with E-state index in [1.165, 1.54) is 0 Å². The molecule has 2 heterocycles. The topological polar surface area (TPSA) is 59.3 Å². The monoisotopic (exact) mass is 290 g/mol. The molecule has 5 nitrogen and oxygen atoms in total. The molecule has 0 fully saturated rings. The summed E-state index contributed by atoms with van der Waals surface area (Å²) in [6, 6.07) is 14.9. The van der Waals surface area contributed by atoms with Gasteiger partial charge >= 0.3 is 0 Å². The number of aromatic nitrogens is 2. The molecule has 3 aromatic rings. The number of rotatable bonds is 4. The van der Waals surface area contributed by atoms with Crippen LogP contribution in [0.1, 0.15) is 15.9 Å². The van der Waals surface area contributed by atoms with E-state index in [0.29, 0.717) is 5.56 Å². The average molecular weight is 290 g/mol. The lowest BCUT2D eigenvalue weighted by molar-refractivity contribution is 0.0955. The Morgan fingerprint density at radius 2 is 1.86 bits per heavy atom. The zero-order valence-corrected chi connectivity index (χ0v) is 11.8. The molecular weight excluding hydrogens is 276 g/mol. The van der Waals surface area contributed by atoms with Gasteiger partial charge in [-0.3, -0.25) is 9.78 Å². The van der Waals surface area contributed by atoms with Crippen LogP contribution in [-0.4, -0.2) is 21.7 Å². The van der Waals surface area contributed by atoms with E-state index >= 15 is 0 Å². The van der Waals surface area contributed by atoms with E-state index in [2.05, 4.69) is 15.5 Å². The SMILES string of the molecule is O=C(N/N=C/c1cccnc1)c1ccc(-n2cccc2)cc1. The molecule has 0 saturated carbocycles. The highest BCUT2D eigenvalue weighted by Gasteiger charge is 2.04. The highest BCUT2D eigenvalue weighted by atomic mass is 16.2. The summed E-state index contributed by atoms with van der Waals surface area (Å²) in [6.07, 6.45) is 8.81. The van der Waals surface area contributed by atoms with Gasteiger partial charge in [0.05, 0.1) is 6.21 Å². The predicted molar refractivity (Wildman–Crippen MR) is 85.1 cm³/mol. The molecule has 0 saturated heterocycles. The van der Waals surface area contributed by atoms with Crippen LogP contribution in [0.15, 0.2) is 78.4 Å². The number of pyridine rings is 1. The van der Waals surface area contributed by atoms with Gasteiger partial charge in [0.15, 0.2) is 0 Å². The lowest BCUT2D eigenvalue weighted by Crippen LogP contribution is -2.17. The number of hydrazone groups is 1. The van der Waals surface area contributed by atoms with Gasteiger partial charge < -0.3 is 4.57 Å². The van der Waals surface area contributed by atoms with Crippen LogP contribution in [0.3, 0.4) is 0 Å². The third kappa shape index (κ3) is 3.27. The van der Waals surface area contributed by atoms with Crippen LogP contribution < -0.4 is 5.43 Å². The molecule has 22 heavy (non-hydrogen) atoms. The highest BCUT2D eigenvalue weighted by molar-refractivity contribution is 5.95. The summed E-state index contributed by atoms with van der Waals surface area (Å²) < 4.78 is 1.97. The number of carbonyl (C=O) groups is 1. The second-order valence-corrected chi connectivity index (χ2v) is 4.62. The first-order valence-corrected chi connectivity index (χ1v) is 6.80. The summed E-state index contributed by atoms with van der Waals surface area (Å²) in [5.41, 5.74) is 4.88. The van der Waals surface area contributed by atoms with Crippen molar-refractivity contribution in [1.82, 2.24) is 15.0 Å². The van der Waals surface area contributed by atoms with Crippen molar-refractivity contribution in [3.8, 4) is 5.69 Å². The first kappa shape index (κ1) is 13.8. The Balaban J connectivity index is 1.64. The molecule has 0 spiro atoms. The van der Waals surface area contributed by atoms with Crippen LogP contribution in [0.4, 0.5) is 0 Å². The summed E-state index contributed by atoms with van der Waals surface area (Å²) >= 11 is 0. The van der Waals surface area contributed by atoms with Crippen LogP contribution >= 0.6 is 0 Å². The fourth-order valence-corrected chi connectivity index (χ4v) is 1.97. The summed E-state index contributed by atoms with van der Waals surface area (Å²) in [5.74, 6) is -0.251. The molecule has 0 radical (unpaired) electrons. The maximum atomic E-state index is 12.0. The Bertz CT molecular complexity index is 762. The number of hydrogen-bond donors (Lipinski definition) is 1. The van der Waals surface area contributed by atoms with Crippen molar-refractivity contribution in [2.75, 3.05) is 0 Å². The zero-order chi connectivity index (χ0) is 15.2. The number of benzene rings is 1. The molecule has 0 bridgehead atoms. The number of carbonyl (C=O) groups excluding carboxylic acids is 1. The first-order chi connectivity index (χ1) is 10.8. The molecule has 1 amide bonds. The molecule has 0 unspecified atom stereocenters. The van der Waals surface area contributed by atoms with E-state index < -0.39 is 0 Å². The van der Waals surface area contributed by atoms with Crippen molar-refractivity contribution >= 4 is 12.1 Å². The molecule has 0 aliphatic rings. The number of hydrogen-bond acceptors (Lipinski definition) is 3. The molecule has 1 aromatic carbocycles. The van der Waals surface area contributed by atoms with Crippen molar-refractivity contribution in [3.63, 3.8) is 0 Å². The van der Waals surface area contributed by atoms with Crippen LogP contribution in [0, 0.1) is 0 Å². The smallest absolute Gasteiger partial charge is 0.271 e. The molecule has 108 valence electrons. The van der Waals surface area contributed by atoms with E-state index in [1.54, 1.807) is 30.7 Å². The van der Waals surface area contributed by atoms with E-state index in [0.717, 1.165) is 11.3 Å². The van der Waals surface area contributed by atoms with Gasteiger partial charge in [0.2, 0.25) is 0 Å². The van der Waals surface area contributed by atoms with Gasteiger partial charge in [0.25, 0.3) is 5.91 Å². The second kappa shape index (κ2) is 6.49. The zero-order valence-electron chi connectivity index (χ0n) is 11.8. The normalized spacial score (nSPS) is 10.7. The molecular formula is C17H14N4O. The third-order valence-corrected chi connectivity index (χ3v) is 3.10. The van der Waals surface area contributed by atoms with Gasteiger partial charge in [-0.05, 0) is 42.5 Å². The van der Waals surface area contributed by atoms with Crippen LogP contribution in [-0.2, 0) is 0 Å². The summed E-state index contributed by atoms with van der Waals surface area (Å²) in [4.78, 5) is 16.0. The Labute approximate surface area is 127 Å². The van der Waals surface area contributed by atoms with Crippen molar-refractivity contribution in [3.05, 3.63) is 84.4 Å². The Kier molecular flexibility index (Phi) is 4.06. The average Bonchev–Trinajstić information content (AvgIpc) is 3.10. The fourth-order valence-electron chi connectivity index (χ4n) is 1.97. The predicted octanol–water partition coefficient (Wildman–Crippen LogP) is 2.64. The van der Waals surface area contributed by atoms with Gasteiger partial charge in [-0.25, -0.2) is 5.43 Å². The Morgan fingerprint density at radius 1 is 1.09 bits per heavy atom. The second-order valence-electron chi connectivity index (χ2n) is 4.62. The third-order valence-electron chi connectivity index (χ3n) is 3.10. The maximum Gasteiger partial charge on any atom is 0.271 e. The quantitative estimate of drug-likeness (QED) is 0.593. The minimum Gasteiger partial charge on any atom is -0.324 e. The summed E-state index contributed by atoms with van der Waals surface area (Å²) in [6.45, 7) is 0. The standard InChI is InChI=1S/C17H14N4O/c22-17(20-19-13-14-4-3-9-18-12-14)15-5-7-16(8-6-15)21-10-1-2-11-21/h1-13H,(H,20,22)/b19-13+. The lowest BCUT2D eigenvalue weighted by atomic mass is 10.2. The number of amides is 1. The molecule has 5 heteroatoms. The molecule has 0 aliphatic carbocycles. The van der Waals surface area contributed by atoms with E-state index in [4.69, 9.17) is 0 Å². The molecule has 1 N–H and O–H groups in total. The maximum absolute atomic E-state index is 12.0. The van der Waals surface area contributed by atoms with E-state index in [-0.39, 0.29) is 5.91 Å². The summed E-state index contributed by atoms with van der Waals surface area (Å²) in [5, 5.41) is 3.92. The van der Waals surface area contributed by atoms with E-state index in [1.807, 2.05) is 53.4 Å². The Morgan fingerprint density at radius 3 is 2.55 bits per heavy atom. The van der Waals surface area contributed by atoms with Crippen LogP contribution in [0.5, 0.6) is 0 Å². The lowest BCUT2D eigenvalue weighted by Gasteiger charge is -2.04. The fraction of sp³-hybridized carbons (Fsp3) is 0. The van der Waals surface area contributed by atoms with Crippen LogP contribution in [0.2, 0.25) is 0 Å². The van der Waals surface area contributed by atoms with Crippen LogP contribution in [0.25, 0.3) is 5.69 Å². The Hall–Kier alpha value is -3.21. The number of nitrogens with zero attached hydrogens (tertiary/aromatic N) is 3. The number of nitrogens with one attached hydrogen (secondary N) is 1. The van der Waals surface area contributed by atoms with Gasteiger partial charge in [-0.2, -0.15) is 5.10 Å². The van der Waals surface area contributed by atoms with Gasteiger partial charge in [-0.1, -0.05) is 6.07 Å². The van der Waals surface area contributed by atoms with Gasteiger partial charge in [0, 0.05) is 41.6 Å². The summed E-state index contributed by atoms with van der Waals surface area (Å²) in [7, 11) is 0. The molecule has 0 aliphatic heterocycles. The van der Waals surface area contributed by atoms with Crippen molar-refractivity contribution in [1.29, 1.82) is 0 Å². The largest absolute Gasteiger partial charge is 0.324 e. The highest BCUT2D eigenvalue weighted by Crippen LogP contribution is 2.09. The molecule has 2 aromatic heterocycles. The minimum atomic E-state index is -0.251. The van der Waals surface area contributed by atoms with Crippen molar-refractivity contribution in [2.24, 2.45) is 5.10 Å². The molecule has 3 rings (SSSR count). The van der Waals surface area contributed by atoms with Crippen molar-refractivity contribution < 1.29 is 4.79 Å². The van der Waals surface area contributed by atoms with Gasteiger partial charge in [-0.15, -0.1) is 0 Å². The molecule has 0 atom stereocenters. The first-order valence-electron chi connectivity index (χ1n) is 6.80. The minimum absolute atomic E-state index is 0.251. The van der Waals surface area contributed by atoms with E-state index in [9.17, 15) is 4.79 Å².